The number of likely N-dealkylation sites (N-methyl/N-ethyl adjacent to an activating group) is 1. The van der Waals surface area contributed by atoms with Gasteiger partial charge in [-0.15, -0.1) is 0 Å². The maximum Gasteiger partial charge on any atom is 0.317 e. The molecule has 1 aromatic carbocycles. The predicted octanol–water partition coefficient (Wildman–Crippen LogP) is 0.827. The van der Waals surface area contributed by atoms with Crippen LogP contribution in [0, 0.1) is 0 Å². The summed E-state index contributed by atoms with van der Waals surface area (Å²) in [6, 6.07) is 9.59. The van der Waals surface area contributed by atoms with Crippen LogP contribution in [-0.4, -0.2) is 64.9 Å². The third kappa shape index (κ3) is 6.36. The SMILES string of the molecule is CCN(CC(=O)O)C1CC(NC(=O)NCC(O)Cc2ccccc2)C1. The molecule has 2 rings (SSSR count). The van der Waals surface area contributed by atoms with Gasteiger partial charge < -0.3 is 20.8 Å². The second-order valence-electron chi connectivity index (χ2n) is 6.48. The van der Waals surface area contributed by atoms with E-state index in [2.05, 4.69) is 10.6 Å². The molecular formula is C18H27N3O4. The Hall–Kier alpha value is -2.12. The zero-order valence-electron chi connectivity index (χ0n) is 14.5. The molecule has 1 aromatic rings. The van der Waals surface area contributed by atoms with E-state index < -0.39 is 12.1 Å². The van der Waals surface area contributed by atoms with E-state index in [9.17, 15) is 14.7 Å². The second kappa shape index (κ2) is 9.39. The smallest absolute Gasteiger partial charge is 0.317 e. The summed E-state index contributed by atoms with van der Waals surface area (Å²) in [5.74, 6) is -0.830. The molecule has 0 saturated heterocycles. The molecule has 0 heterocycles. The number of carboxylic acids is 1. The van der Waals surface area contributed by atoms with Crippen molar-refractivity contribution >= 4 is 12.0 Å². The van der Waals surface area contributed by atoms with E-state index in [1.807, 2.05) is 42.2 Å². The van der Waals surface area contributed by atoms with Crippen LogP contribution in [0.3, 0.4) is 0 Å². The van der Waals surface area contributed by atoms with E-state index in [0.717, 1.165) is 18.4 Å². The molecule has 0 radical (unpaired) electrons. The standard InChI is InChI=1S/C18H27N3O4/c1-2-21(12-17(23)24)15-9-14(10-15)20-18(25)19-11-16(22)8-13-6-4-3-5-7-13/h3-7,14-16,22H,2,8-12H2,1H3,(H,23,24)(H2,19,20,25). The summed E-state index contributed by atoms with van der Waals surface area (Å²) in [5, 5.41) is 24.4. The van der Waals surface area contributed by atoms with E-state index >= 15 is 0 Å². The molecule has 1 saturated carbocycles. The minimum Gasteiger partial charge on any atom is -0.480 e. The molecule has 0 spiro atoms. The lowest BCUT2D eigenvalue weighted by Gasteiger charge is -2.42. The number of carbonyl (C=O) groups is 2. The molecule has 0 bridgehead atoms. The molecule has 0 aliphatic heterocycles. The summed E-state index contributed by atoms with van der Waals surface area (Å²) in [5.41, 5.74) is 1.03. The van der Waals surface area contributed by atoms with Crippen LogP contribution in [0.1, 0.15) is 25.3 Å². The molecule has 7 nitrogen and oxygen atoms in total. The Morgan fingerprint density at radius 3 is 2.56 bits per heavy atom. The van der Waals surface area contributed by atoms with Gasteiger partial charge >= 0.3 is 12.0 Å². The van der Waals surface area contributed by atoms with Crippen molar-refractivity contribution in [2.24, 2.45) is 0 Å². The van der Waals surface area contributed by atoms with Gasteiger partial charge in [-0.05, 0) is 24.9 Å². The van der Waals surface area contributed by atoms with Crippen LogP contribution in [0.5, 0.6) is 0 Å². The fourth-order valence-corrected chi connectivity index (χ4v) is 3.08. The van der Waals surface area contributed by atoms with Gasteiger partial charge in [-0.3, -0.25) is 9.69 Å². The Balaban J connectivity index is 1.62. The van der Waals surface area contributed by atoms with Crippen molar-refractivity contribution < 1.29 is 19.8 Å². The van der Waals surface area contributed by atoms with E-state index in [1.165, 1.54) is 0 Å². The van der Waals surface area contributed by atoms with Crippen LogP contribution in [0.15, 0.2) is 30.3 Å². The molecule has 0 aromatic heterocycles. The molecule has 1 unspecified atom stereocenters. The third-order valence-electron chi connectivity index (χ3n) is 4.52. The monoisotopic (exact) mass is 349 g/mol. The largest absolute Gasteiger partial charge is 0.480 e. The number of aliphatic carboxylic acids is 1. The first-order valence-electron chi connectivity index (χ1n) is 8.70. The number of urea groups is 1. The van der Waals surface area contributed by atoms with Gasteiger partial charge in [-0.1, -0.05) is 37.3 Å². The number of nitrogens with one attached hydrogen (secondary N) is 2. The number of benzene rings is 1. The number of aliphatic hydroxyl groups is 1. The highest BCUT2D eigenvalue weighted by Crippen LogP contribution is 2.25. The number of carbonyl (C=O) groups excluding carboxylic acids is 1. The third-order valence-corrected chi connectivity index (χ3v) is 4.52. The van der Waals surface area contributed by atoms with Gasteiger partial charge in [0.15, 0.2) is 0 Å². The number of hydrogen-bond acceptors (Lipinski definition) is 4. The summed E-state index contributed by atoms with van der Waals surface area (Å²) >= 11 is 0. The van der Waals surface area contributed by atoms with Gasteiger partial charge in [0.2, 0.25) is 0 Å². The summed E-state index contributed by atoms with van der Waals surface area (Å²) < 4.78 is 0. The molecule has 2 amide bonds. The Kier molecular flexibility index (Phi) is 7.21. The van der Waals surface area contributed by atoms with Gasteiger partial charge in [0.05, 0.1) is 12.6 Å². The topological polar surface area (TPSA) is 102 Å². The number of amides is 2. The normalized spacial score (nSPS) is 20.6. The molecule has 1 fully saturated rings. The average molecular weight is 349 g/mol. The van der Waals surface area contributed by atoms with Gasteiger partial charge in [0.1, 0.15) is 0 Å². The molecule has 1 aliphatic carbocycles. The Bertz CT molecular complexity index is 561. The maximum atomic E-state index is 11.9. The summed E-state index contributed by atoms with van der Waals surface area (Å²) in [6.45, 7) is 2.84. The quantitative estimate of drug-likeness (QED) is 0.529. The Labute approximate surface area is 148 Å². The van der Waals surface area contributed by atoms with Crippen molar-refractivity contribution in [3.05, 3.63) is 35.9 Å². The van der Waals surface area contributed by atoms with E-state index in [1.54, 1.807) is 0 Å². The van der Waals surface area contributed by atoms with Crippen LogP contribution < -0.4 is 10.6 Å². The second-order valence-corrected chi connectivity index (χ2v) is 6.48. The Morgan fingerprint density at radius 2 is 1.96 bits per heavy atom. The highest BCUT2D eigenvalue weighted by molar-refractivity contribution is 5.74. The van der Waals surface area contributed by atoms with E-state index in [4.69, 9.17) is 5.11 Å². The summed E-state index contributed by atoms with van der Waals surface area (Å²) in [4.78, 5) is 24.6. The minimum absolute atomic E-state index is 0.0335. The van der Waals surface area contributed by atoms with Gasteiger partial charge in [0, 0.05) is 25.0 Å². The maximum absolute atomic E-state index is 11.9. The molecule has 25 heavy (non-hydrogen) atoms. The number of rotatable bonds is 9. The molecule has 138 valence electrons. The van der Waals surface area contributed by atoms with Crippen molar-refractivity contribution in [1.82, 2.24) is 15.5 Å². The summed E-state index contributed by atoms with van der Waals surface area (Å²) in [6.07, 6.45) is 1.36. The van der Waals surface area contributed by atoms with Crippen molar-refractivity contribution in [1.29, 1.82) is 0 Å². The highest BCUT2D eigenvalue weighted by atomic mass is 16.4. The van der Waals surface area contributed by atoms with Crippen LogP contribution >= 0.6 is 0 Å². The van der Waals surface area contributed by atoms with E-state index in [0.29, 0.717) is 13.0 Å². The first-order chi connectivity index (χ1) is 12.0. The zero-order valence-corrected chi connectivity index (χ0v) is 14.5. The van der Waals surface area contributed by atoms with Gasteiger partial charge in [0.25, 0.3) is 0 Å². The van der Waals surface area contributed by atoms with Gasteiger partial charge in [-0.25, -0.2) is 4.79 Å². The lowest BCUT2D eigenvalue weighted by molar-refractivity contribution is -0.139. The molecule has 1 aliphatic rings. The fraction of sp³-hybridized carbons (Fsp3) is 0.556. The van der Waals surface area contributed by atoms with Crippen molar-refractivity contribution in [2.45, 2.75) is 44.4 Å². The number of nitrogens with zero attached hydrogens (tertiary/aromatic N) is 1. The summed E-state index contributed by atoms with van der Waals surface area (Å²) in [7, 11) is 0. The highest BCUT2D eigenvalue weighted by Gasteiger charge is 2.34. The molecular weight excluding hydrogens is 322 g/mol. The van der Waals surface area contributed by atoms with Crippen molar-refractivity contribution in [3.8, 4) is 0 Å². The molecule has 1 atom stereocenters. The van der Waals surface area contributed by atoms with Crippen molar-refractivity contribution in [2.75, 3.05) is 19.6 Å². The lowest BCUT2D eigenvalue weighted by Crippen LogP contribution is -2.56. The Morgan fingerprint density at radius 1 is 1.28 bits per heavy atom. The fourth-order valence-electron chi connectivity index (χ4n) is 3.08. The zero-order chi connectivity index (χ0) is 18.2. The van der Waals surface area contributed by atoms with Crippen LogP contribution in [-0.2, 0) is 11.2 Å². The molecule has 7 heteroatoms. The average Bonchev–Trinajstić information content (AvgIpc) is 2.55. The predicted molar refractivity (Wildman–Crippen MR) is 94.4 cm³/mol. The van der Waals surface area contributed by atoms with E-state index in [-0.39, 0.29) is 31.2 Å². The van der Waals surface area contributed by atoms with Crippen molar-refractivity contribution in [3.63, 3.8) is 0 Å². The number of hydrogen-bond donors (Lipinski definition) is 4. The van der Waals surface area contributed by atoms with Crippen LogP contribution in [0.4, 0.5) is 4.79 Å². The number of aliphatic hydroxyl groups excluding tert-OH is 1. The van der Waals surface area contributed by atoms with Crippen LogP contribution in [0.25, 0.3) is 0 Å². The first kappa shape index (κ1) is 19.2. The number of carboxylic acid groups (broad SMARTS) is 1. The minimum atomic E-state index is -0.830. The van der Waals surface area contributed by atoms with Crippen LogP contribution in [0.2, 0.25) is 0 Å². The molecule has 4 N–H and O–H groups in total. The first-order valence-corrected chi connectivity index (χ1v) is 8.70. The lowest BCUT2D eigenvalue weighted by atomic mass is 9.85. The van der Waals surface area contributed by atoms with Gasteiger partial charge in [-0.2, -0.15) is 0 Å².